The first-order valence-electron chi connectivity index (χ1n) is 6.53. The van der Waals surface area contributed by atoms with Gasteiger partial charge in [-0.25, -0.2) is 0 Å². The number of carbonyl (C=O) groups is 1. The number of amides is 1. The van der Waals surface area contributed by atoms with Gasteiger partial charge in [-0.15, -0.1) is 11.8 Å². The molecule has 104 valence electrons. The molecule has 1 saturated heterocycles. The fourth-order valence-electron chi connectivity index (χ4n) is 2.09. The highest BCUT2D eigenvalue weighted by Gasteiger charge is 2.18. The summed E-state index contributed by atoms with van der Waals surface area (Å²) in [5.74, 6) is 0.640. The van der Waals surface area contributed by atoms with E-state index < -0.39 is 0 Å². The number of ether oxygens (including phenoxy) is 1. The molecule has 0 aliphatic carbocycles. The highest BCUT2D eigenvalue weighted by Crippen LogP contribution is 2.28. The fraction of sp³-hybridized carbons (Fsp3) is 0.500. The van der Waals surface area contributed by atoms with Gasteiger partial charge in [-0.2, -0.15) is 0 Å². The SMILES string of the molecule is NC(=O)[C@@H](SCCN1CCOCC1)c1ccccc1. The summed E-state index contributed by atoms with van der Waals surface area (Å²) in [5, 5.41) is -0.248. The number of hydrogen-bond acceptors (Lipinski definition) is 4. The van der Waals surface area contributed by atoms with E-state index in [-0.39, 0.29) is 11.2 Å². The number of hydrogen-bond donors (Lipinski definition) is 1. The van der Waals surface area contributed by atoms with E-state index in [1.54, 1.807) is 11.8 Å². The summed E-state index contributed by atoms with van der Waals surface area (Å²) in [7, 11) is 0. The van der Waals surface area contributed by atoms with Crippen LogP contribution in [0.3, 0.4) is 0 Å². The van der Waals surface area contributed by atoms with Crippen molar-refractivity contribution in [2.75, 3.05) is 38.6 Å². The molecule has 1 heterocycles. The predicted octanol–water partition coefficient (Wildman–Crippen LogP) is 1.28. The van der Waals surface area contributed by atoms with E-state index in [2.05, 4.69) is 4.90 Å². The van der Waals surface area contributed by atoms with Crippen LogP contribution in [0, 0.1) is 0 Å². The van der Waals surface area contributed by atoms with E-state index in [0.717, 1.165) is 44.2 Å². The van der Waals surface area contributed by atoms with Crippen molar-refractivity contribution in [1.82, 2.24) is 4.90 Å². The fourth-order valence-corrected chi connectivity index (χ4v) is 3.21. The van der Waals surface area contributed by atoms with Crippen molar-refractivity contribution < 1.29 is 9.53 Å². The van der Waals surface area contributed by atoms with Gasteiger partial charge in [0.1, 0.15) is 5.25 Å². The maximum Gasteiger partial charge on any atom is 0.235 e. The molecule has 19 heavy (non-hydrogen) atoms. The summed E-state index contributed by atoms with van der Waals surface area (Å²) >= 11 is 1.62. The number of nitrogens with two attached hydrogens (primary N) is 1. The number of morpholine rings is 1. The molecule has 0 radical (unpaired) electrons. The lowest BCUT2D eigenvalue weighted by atomic mass is 10.1. The Morgan fingerprint density at radius 2 is 2.00 bits per heavy atom. The number of rotatable bonds is 6. The Bertz CT molecular complexity index is 394. The van der Waals surface area contributed by atoms with Crippen molar-refractivity contribution in [3.63, 3.8) is 0 Å². The maximum atomic E-state index is 11.5. The molecule has 2 N–H and O–H groups in total. The molecule has 2 rings (SSSR count). The van der Waals surface area contributed by atoms with Crippen molar-refractivity contribution in [3.05, 3.63) is 35.9 Å². The average Bonchev–Trinajstić information content (AvgIpc) is 2.45. The minimum atomic E-state index is -0.266. The quantitative estimate of drug-likeness (QED) is 0.853. The topological polar surface area (TPSA) is 55.6 Å². The van der Waals surface area contributed by atoms with Crippen LogP contribution in [0.1, 0.15) is 10.8 Å². The molecule has 1 aliphatic heterocycles. The molecule has 1 amide bonds. The Hall–Kier alpha value is -1.04. The van der Waals surface area contributed by atoms with Gasteiger partial charge in [-0.1, -0.05) is 30.3 Å². The first-order valence-corrected chi connectivity index (χ1v) is 7.58. The lowest BCUT2D eigenvalue weighted by molar-refractivity contribution is -0.117. The van der Waals surface area contributed by atoms with Gasteiger partial charge in [-0.05, 0) is 5.56 Å². The van der Waals surface area contributed by atoms with Gasteiger partial charge in [-0.3, -0.25) is 9.69 Å². The molecule has 0 spiro atoms. The number of thioether (sulfide) groups is 1. The van der Waals surface area contributed by atoms with E-state index in [9.17, 15) is 4.79 Å². The molecule has 1 aromatic rings. The molecule has 1 aromatic carbocycles. The van der Waals surface area contributed by atoms with E-state index in [4.69, 9.17) is 10.5 Å². The molecule has 0 saturated carbocycles. The summed E-state index contributed by atoms with van der Waals surface area (Å²) in [6.45, 7) is 4.55. The van der Waals surface area contributed by atoms with Crippen molar-refractivity contribution in [2.24, 2.45) is 5.73 Å². The Morgan fingerprint density at radius 3 is 2.63 bits per heavy atom. The van der Waals surface area contributed by atoms with Gasteiger partial charge in [0.25, 0.3) is 0 Å². The standard InChI is InChI=1S/C14H20N2O2S/c15-14(17)13(12-4-2-1-3-5-12)19-11-8-16-6-9-18-10-7-16/h1-5,13H,6-11H2,(H2,15,17)/t13-/m0/s1. The van der Waals surface area contributed by atoms with Crippen molar-refractivity contribution >= 4 is 17.7 Å². The Kier molecular flexibility index (Phi) is 5.69. The molecular weight excluding hydrogens is 260 g/mol. The van der Waals surface area contributed by atoms with Crippen LogP contribution in [0.4, 0.5) is 0 Å². The number of carbonyl (C=O) groups excluding carboxylic acids is 1. The average molecular weight is 280 g/mol. The monoisotopic (exact) mass is 280 g/mol. The third-order valence-electron chi connectivity index (χ3n) is 3.16. The minimum Gasteiger partial charge on any atom is -0.379 e. The van der Waals surface area contributed by atoms with Gasteiger partial charge in [0.15, 0.2) is 0 Å². The summed E-state index contributed by atoms with van der Waals surface area (Å²) in [4.78, 5) is 13.9. The zero-order chi connectivity index (χ0) is 13.5. The van der Waals surface area contributed by atoms with Crippen LogP contribution in [0.2, 0.25) is 0 Å². The summed E-state index contributed by atoms with van der Waals surface area (Å²) in [6, 6.07) is 9.73. The second-order valence-electron chi connectivity index (χ2n) is 4.52. The van der Waals surface area contributed by atoms with Crippen LogP contribution in [-0.2, 0) is 9.53 Å². The highest BCUT2D eigenvalue weighted by atomic mass is 32.2. The largest absolute Gasteiger partial charge is 0.379 e. The number of primary amides is 1. The van der Waals surface area contributed by atoms with Gasteiger partial charge in [0.2, 0.25) is 5.91 Å². The van der Waals surface area contributed by atoms with Crippen LogP contribution in [0.5, 0.6) is 0 Å². The smallest absolute Gasteiger partial charge is 0.235 e. The molecule has 0 bridgehead atoms. The molecule has 0 aromatic heterocycles. The molecule has 1 fully saturated rings. The zero-order valence-electron chi connectivity index (χ0n) is 11.0. The minimum absolute atomic E-state index is 0.248. The molecule has 5 heteroatoms. The first kappa shape index (κ1) is 14.4. The number of benzene rings is 1. The van der Waals surface area contributed by atoms with Gasteiger partial charge in [0.05, 0.1) is 13.2 Å². The van der Waals surface area contributed by atoms with E-state index in [1.165, 1.54) is 0 Å². The van der Waals surface area contributed by atoms with E-state index >= 15 is 0 Å². The highest BCUT2D eigenvalue weighted by molar-refractivity contribution is 8.00. The van der Waals surface area contributed by atoms with Crippen LogP contribution >= 0.6 is 11.8 Å². The second-order valence-corrected chi connectivity index (χ2v) is 5.73. The molecule has 1 atom stereocenters. The maximum absolute atomic E-state index is 11.5. The first-order chi connectivity index (χ1) is 9.27. The third kappa shape index (κ3) is 4.53. The van der Waals surface area contributed by atoms with Gasteiger partial charge >= 0.3 is 0 Å². The lowest BCUT2D eigenvalue weighted by Gasteiger charge is -2.26. The Balaban J connectivity index is 1.82. The predicted molar refractivity (Wildman–Crippen MR) is 78.1 cm³/mol. The third-order valence-corrected chi connectivity index (χ3v) is 4.41. The number of nitrogens with zero attached hydrogens (tertiary/aromatic N) is 1. The van der Waals surface area contributed by atoms with Crippen molar-refractivity contribution in [3.8, 4) is 0 Å². The lowest BCUT2D eigenvalue weighted by Crippen LogP contribution is -2.37. The molecule has 1 aliphatic rings. The van der Waals surface area contributed by atoms with Crippen LogP contribution in [0.25, 0.3) is 0 Å². The second kappa shape index (κ2) is 7.53. The Morgan fingerprint density at radius 1 is 1.32 bits per heavy atom. The zero-order valence-corrected chi connectivity index (χ0v) is 11.8. The molecule has 4 nitrogen and oxygen atoms in total. The van der Waals surface area contributed by atoms with Crippen molar-refractivity contribution in [1.29, 1.82) is 0 Å². The molecule has 0 unspecified atom stereocenters. The summed E-state index contributed by atoms with van der Waals surface area (Å²) in [5.41, 5.74) is 6.48. The van der Waals surface area contributed by atoms with Gasteiger partial charge in [0, 0.05) is 25.4 Å². The Labute approximate surface area is 118 Å². The van der Waals surface area contributed by atoms with E-state index in [1.807, 2.05) is 30.3 Å². The van der Waals surface area contributed by atoms with Crippen molar-refractivity contribution in [2.45, 2.75) is 5.25 Å². The van der Waals surface area contributed by atoms with Crippen LogP contribution in [0.15, 0.2) is 30.3 Å². The van der Waals surface area contributed by atoms with Crippen LogP contribution in [-0.4, -0.2) is 49.4 Å². The van der Waals surface area contributed by atoms with E-state index in [0.29, 0.717) is 0 Å². The van der Waals surface area contributed by atoms with Crippen LogP contribution < -0.4 is 5.73 Å². The molecular formula is C14H20N2O2S. The van der Waals surface area contributed by atoms with Gasteiger partial charge < -0.3 is 10.5 Å². The summed E-state index contributed by atoms with van der Waals surface area (Å²) < 4.78 is 5.31. The summed E-state index contributed by atoms with van der Waals surface area (Å²) in [6.07, 6.45) is 0. The normalized spacial score (nSPS) is 18.1.